The van der Waals surface area contributed by atoms with Gasteiger partial charge in [0.05, 0.1) is 6.67 Å². The number of nitrogens with zero attached hydrogens (tertiary/aromatic N) is 2. The molecule has 0 aliphatic carbocycles. The van der Waals surface area contributed by atoms with Crippen molar-refractivity contribution < 1.29 is 9.59 Å². The molecule has 0 bridgehead atoms. The van der Waals surface area contributed by atoms with E-state index in [0.717, 1.165) is 143 Å². The largest absolute Gasteiger partial charge is 0.339 e. The first-order chi connectivity index (χ1) is 19.2. The summed E-state index contributed by atoms with van der Waals surface area (Å²) in [5, 5.41) is 26.6. The fraction of sp³-hybridized carbons (Fsp3) is 0.926. The quantitative estimate of drug-likeness (QED) is 0.155. The number of carbonyl (C=O) groups excluding carboxylic acids is 2. The molecule has 2 saturated heterocycles. The topological polar surface area (TPSA) is 137 Å². The molecule has 0 unspecified atom stereocenters. The summed E-state index contributed by atoms with van der Waals surface area (Å²) in [5.41, 5.74) is 0. The van der Waals surface area contributed by atoms with E-state index in [1.165, 1.54) is 0 Å². The first kappa shape index (κ1) is 33.8. The van der Waals surface area contributed by atoms with Crippen molar-refractivity contribution >= 4 is 11.8 Å². The monoisotopic (exact) mass is 554 g/mol. The maximum absolute atomic E-state index is 12.4. The van der Waals surface area contributed by atoms with Crippen LogP contribution in [0.1, 0.15) is 38.5 Å². The highest BCUT2D eigenvalue weighted by Gasteiger charge is 2.11. The van der Waals surface area contributed by atoms with E-state index in [1.807, 2.05) is 0 Å². The predicted molar refractivity (Wildman–Crippen MR) is 159 cm³/mol. The third-order valence-electron chi connectivity index (χ3n) is 7.12. The zero-order valence-corrected chi connectivity index (χ0v) is 24.4. The van der Waals surface area contributed by atoms with Crippen molar-refractivity contribution in [3.63, 3.8) is 0 Å². The van der Waals surface area contributed by atoms with Crippen molar-refractivity contribution in [1.29, 1.82) is 0 Å². The standard InChI is InChI=1S/C27H58N10O2/c38-26(5-21-36-19-3-11-30-15-13-28-7-1-9-32-17-23-36)34-25-35-27(39)6-22-37-20-4-12-31-16-14-29-8-2-10-33-18-24-37/h28-33H,1-25H2,(H,34,38)(H,35,39). The molecule has 2 heterocycles. The number of amides is 2. The molecule has 39 heavy (non-hydrogen) atoms. The minimum absolute atomic E-state index is 0.0181. The maximum Gasteiger partial charge on any atom is 0.222 e. The molecule has 0 spiro atoms. The highest BCUT2D eigenvalue weighted by molar-refractivity contribution is 5.78. The summed E-state index contributed by atoms with van der Waals surface area (Å²) in [6.07, 6.45) is 5.27. The van der Waals surface area contributed by atoms with E-state index in [9.17, 15) is 9.59 Å². The average molecular weight is 555 g/mol. The van der Waals surface area contributed by atoms with E-state index in [1.54, 1.807) is 0 Å². The fourth-order valence-corrected chi connectivity index (χ4v) is 4.72. The lowest BCUT2D eigenvalue weighted by Crippen LogP contribution is -2.42. The molecule has 0 radical (unpaired) electrons. The van der Waals surface area contributed by atoms with Crippen LogP contribution in [0.5, 0.6) is 0 Å². The second-order valence-corrected chi connectivity index (χ2v) is 10.5. The molecule has 8 N–H and O–H groups in total. The summed E-state index contributed by atoms with van der Waals surface area (Å²) in [6.45, 7) is 17.5. The fourth-order valence-electron chi connectivity index (χ4n) is 4.72. The average Bonchev–Trinajstić information content (AvgIpc) is 2.93. The van der Waals surface area contributed by atoms with Gasteiger partial charge in [0.15, 0.2) is 0 Å². The number of hydrogen-bond acceptors (Lipinski definition) is 10. The Balaban J connectivity index is 1.58. The SMILES string of the molecule is O=C(CCN1CCCNCCNCCCNCC1)NCNC(=O)CCN1CCCNCCNCCCNCC1. The summed E-state index contributed by atoms with van der Waals surface area (Å²) in [6, 6.07) is 0. The Morgan fingerprint density at radius 2 is 0.821 bits per heavy atom. The molecule has 2 aliphatic rings. The lowest BCUT2D eigenvalue weighted by molar-refractivity contribution is -0.123. The third-order valence-corrected chi connectivity index (χ3v) is 7.12. The highest BCUT2D eigenvalue weighted by Crippen LogP contribution is 1.96. The van der Waals surface area contributed by atoms with Gasteiger partial charge in [-0.2, -0.15) is 0 Å². The molecule has 0 saturated carbocycles. The van der Waals surface area contributed by atoms with Crippen LogP contribution in [0, 0.1) is 0 Å². The van der Waals surface area contributed by atoms with Crippen molar-refractivity contribution in [2.24, 2.45) is 0 Å². The number of hydrogen-bond donors (Lipinski definition) is 8. The molecule has 2 amide bonds. The summed E-state index contributed by atoms with van der Waals surface area (Å²) in [5.74, 6) is -0.0363. The minimum atomic E-state index is -0.0181. The van der Waals surface area contributed by atoms with Crippen LogP contribution in [0.25, 0.3) is 0 Å². The molecule has 0 aromatic heterocycles. The normalized spacial score (nSPS) is 21.7. The van der Waals surface area contributed by atoms with Gasteiger partial charge in [0, 0.05) is 78.3 Å². The molecule has 2 aliphatic heterocycles. The molecule has 12 nitrogen and oxygen atoms in total. The summed E-state index contributed by atoms with van der Waals surface area (Å²) in [4.78, 5) is 29.5. The number of nitrogens with one attached hydrogen (secondary N) is 8. The van der Waals surface area contributed by atoms with Gasteiger partial charge >= 0.3 is 0 Å². The number of rotatable bonds is 8. The van der Waals surface area contributed by atoms with Crippen LogP contribution in [-0.2, 0) is 9.59 Å². The van der Waals surface area contributed by atoms with E-state index in [0.29, 0.717) is 12.8 Å². The number of carbonyl (C=O) groups is 2. The molecule has 0 aromatic carbocycles. The van der Waals surface area contributed by atoms with Crippen LogP contribution < -0.4 is 42.5 Å². The first-order valence-corrected chi connectivity index (χ1v) is 15.5. The summed E-state index contributed by atoms with van der Waals surface area (Å²) < 4.78 is 0. The van der Waals surface area contributed by atoms with Gasteiger partial charge in [0.1, 0.15) is 0 Å². The van der Waals surface area contributed by atoms with Crippen molar-refractivity contribution in [2.75, 3.05) is 124 Å². The van der Waals surface area contributed by atoms with Crippen molar-refractivity contribution in [1.82, 2.24) is 52.3 Å². The first-order valence-electron chi connectivity index (χ1n) is 15.5. The second-order valence-electron chi connectivity index (χ2n) is 10.5. The molecule has 2 fully saturated rings. The lowest BCUT2D eigenvalue weighted by atomic mass is 10.3. The van der Waals surface area contributed by atoms with E-state index in [2.05, 4.69) is 52.3 Å². The van der Waals surface area contributed by atoms with Gasteiger partial charge in [-0.1, -0.05) is 0 Å². The molecule has 2 rings (SSSR count). The zero-order chi connectivity index (χ0) is 27.6. The van der Waals surface area contributed by atoms with E-state index >= 15 is 0 Å². The van der Waals surface area contributed by atoms with E-state index < -0.39 is 0 Å². The Morgan fingerprint density at radius 3 is 1.23 bits per heavy atom. The Morgan fingerprint density at radius 1 is 0.462 bits per heavy atom. The summed E-state index contributed by atoms with van der Waals surface area (Å²) in [7, 11) is 0. The maximum atomic E-state index is 12.4. The minimum Gasteiger partial charge on any atom is -0.339 e. The van der Waals surface area contributed by atoms with Gasteiger partial charge in [-0.15, -0.1) is 0 Å². The van der Waals surface area contributed by atoms with E-state index in [-0.39, 0.29) is 18.5 Å². The molecule has 0 atom stereocenters. The van der Waals surface area contributed by atoms with Crippen LogP contribution in [0.15, 0.2) is 0 Å². The van der Waals surface area contributed by atoms with E-state index in [4.69, 9.17) is 0 Å². The van der Waals surface area contributed by atoms with Crippen molar-refractivity contribution in [2.45, 2.75) is 38.5 Å². The van der Waals surface area contributed by atoms with Gasteiger partial charge < -0.3 is 52.3 Å². The molecular weight excluding hydrogens is 496 g/mol. The van der Waals surface area contributed by atoms with Crippen molar-refractivity contribution in [3.05, 3.63) is 0 Å². The second kappa shape index (κ2) is 24.4. The Kier molecular flexibility index (Phi) is 21.2. The van der Waals surface area contributed by atoms with Gasteiger partial charge in [-0.25, -0.2) is 0 Å². The van der Waals surface area contributed by atoms with Crippen LogP contribution >= 0.6 is 0 Å². The van der Waals surface area contributed by atoms with Crippen LogP contribution in [0.3, 0.4) is 0 Å². The Hall–Kier alpha value is -1.38. The van der Waals surface area contributed by atoms with Crippen LogP contribution in [-0.4, -0.2) is 146 Å². The molecule has 12 heteroatoms. The third kappa shape index (κ3) is 20.2. The summed E-state index contributed by atoms with van der Waals surface area (Å²) >= 11 is 0. The van der Waals surface area contributed by atoms with Gasteiger partial charge in [0.25, 0.3) is 0 Å². The smallest absolute Gasteiger partial charge is 0.222 e. The van der Waals surface area contributed by atoms with Gasteiger partial charge in [-0.3, -0.25) is 9.59 Å². The van der Waals surface area contributed by atoms with Crippen LogP contribution in [0.4, 0.5) is 0 Å². The van der Waals surface area contributed by atoms with Crippen LogP contribution in [0.2, 0.25) is 0 Å². The Labute approximate surface area is 236 Å². The Bertz CT molecular complexity index is 535. The van der Waals surface area contributed by atoms with Crippen molar-refractivity contribution in [3.8, 4) is 0 Å². The lowest BCUT2D eigenvalue weighted by Gasteiger charge is -2.23. The van der Waals surface area contributed by atoms with Gasteiger partial charge in [0.2, 0.25) is 11.8 Å². The predicted octanol–water partition coefficient (Wildman–Crippen LogP) is -2.31. The van der Waals surface area contributed by atoms with Gasteiger partial charge in [-0.05, 0) is 78.0 Å². The molecular formula is C27H58N10O2. The highest BCUT2D eigenvalue weighted by atomic mass is 16.2. The zero-order valence-electron chi connectivity index (χ0n) is 24.4. The molecule has 0 aromatic rings. The molecule has 228 valence electrons.